The predicted octanol–water partition coefficient (Wildman–Crippen LogP) is 1.41. The Kier molecular flexibility index (Phi) is 8.54. The van der Waals surface area contributed by atoms with Gasteiger partial charge in [-0.2, -0.15) is 11.8 Å². The van der Waals surface area contributed by atoms with E-state index in [1.165, 1.54) is 0 Å². The summed E-state index contributed by atoms with van der Waals surface area (Å²) >= 11 is 1.98. The lowest BCUT2D eigenvalue weighted by Crippen LogP contribution is -2.44. The fourth-order valence-electron chi connectivity index (χ4n) is 2.60. The van der Waals surface area contributed by atoms with Crippen LogP contribution in [-0.4, -0.2) is 68.9 Å². The monoisotopic (exact) mass is 415 g/mol. The van der Waals surface area contributed by atoms with E-state index in [0.717, 1.165) is 63.8 Å². The van der Waals surface area contributed by atoms with Crippen LogP contribution in [0.5, 0.6) is 0 Å². The van der Waals surface area contributed by atoms with Gasteiger partial charge in [-0.05, 0) is 12.8 Å². The predicted molar refractivity (Wildman–Crippen MR) is 95.2 cm³/mol. The van der Waals surface area contributed by atoms with Crippen LogP contribution in [0.2, 0.25) is 0 Å². The van der Waals surface area contributed by atoms with Gasteiger partial charge in [0.2, 0.25) is 0 Å². The summed E-state index contributed by atoms with van der Waals surface area (Å²) in [5.74, 6) is 2.99. The summed E-state index contributed by atoms with van der Waals surface area (Å²) in [5.41, 5.74) is 6.23. The van der Waals surface area contributed by atoms with Gasteiger partial charge in [0.15, 0.2) is 5.96 Å². The number of halogens is 1. The van der Waals surface area contributed by atoms with E-state index in [4.69, 9.17) is 15.2 Å². The van der Waals surface area contributed by atoms with Crippen molar-refractivity contribution in [3.63, 3.8) is 0 Å². The number of thioether (sulfide) groups is 1. The molecule has 2 rings (SSSR count). The largest absolute Gasteiger partial charge is 0.384 e. The number of hydrogen-bond donors (Lipinski definition) is 1. The number of aliphatic imine (C=N–C) groups is 1. The first kappa shape index (κ1) is 18.3. The second-order valence-corrected chi connectivity index (χ2v) is 6.54. The van der Waals surface area contributed by atoms with Crippen LogP contribution in [0.1, 0.15) is 12.8 Å². The first-order valence-electron chi connectivity index (χ1n) is 6.95. The van der Waals surface area contributed by atoms with Crippen molar-refractivity contribution in [2.75, 3.05) is 58.1 Å². The molecule has 0 bridgehead atoms. The van der Waals surface area contributed by atoms with Crippen LogP contribution in [0, 0.1) is 5.41 Å². The molecule has 7 heteroatoms. The molecule has 0 aromatic heterocycles. The lowest BCUT2D eigenvalue weighted by molar-refractivity contribution is -0.0224. The first-order chi connectivity index (χ1) is 9.26. The molecule has 20 heavy (non-hydrogen) atoms. The Morgan fingerprint density at radius 2 is 2.00 bits per heavy atom. The lowest BCUT2D eigenvalue weighted by atomic mass is 9.81. The molecule has 118 valence electrons. The van der Waals surface area contributed by atoms with Gasteiger partial charge < -0.3 is 20.1 Å². The Bertz CT molecular complexity index is 300. The smallest absolute Gasteiger partial charge is 0.191 e. The van der Waals surface area contributed by atoms with Gasteiger partial charge in [-0.3, -0.25) is 4.99 Å². The van der Waals surface area contributed by atoms with E-state index in [2.05, 4.69) is 9.89 Å². The third-order valence-corrected chi connectivity index (χ3v) is 4.86. The van der Waals surface area contributed by atoms with Crippen molar-refractivity contribution in [1.82, 2.24) is 4.90 Å². The number of nitrogens with zero attached hydrogens (tertiary/aromatic N) is 2. The van der Waals surface area contributed by atoms with Crippen LogP contribution in [0.25, 0.3) is 0 Å². The minimum absolute atomic E-state index is 0. The maximum absolute atomic E-state index is 6.12. The molecule has 2 fully saturated rings. The molecule has 0 unspecified atom stereocenters. The van der Waals surface area contributed by atoms with Crippen LogP contribution in [0.15, 0.2) is 4.99 Å². The molecular formula is C13H26IN3O2S. The zero-order valence-corrected chi connectivity index (χ0v) is 15.3. The van der Waals surface area contributed by atoms with Crippen LogP contribution in [0.4, 0.5) is 0 Å². The summed E-state index contributed by atoms with van der Waals surface area (Å²) in [7, 11) is 1.76. The average Bonchev–Trinajstić information content (AvgIpc) is 2.47. The summed E-state index contributed by atoms with van der Waals surface area (Å²) in [6.45, 7) is 5.13. The molecule has 5 nitrogen and oxygen atoms in total. The molecule has 0 aromatic carbocycles. The second kappa shape index (κ2) is 9.32. The fourth-order valence-corrected chi connectivity index (χ4v) is 3.50. The summed E-state index contributed by atoms with van der Waals surface area (Å²) in [4.78, 5) is 6.83. The zero-order chi connectivity index (χ0) is 13.6. The lowest BCUT2D eigenvalue weighted by Gasteiger charge is -2.36. The number of ether oxygens (including phenoxy) is 2. The van der Waals surface area contributed by atoms with Gasteiger partial charge in [0, 0.05) is 50.3 Å². The molecule has 2 heterocycles. The van der Waals surface area contributed by atoms with Gasteiger partial charge in [-0.1, -0.05) is 0 Å². The van der Waals surface area contributed by atoms with Gasteiger partial charge in [-0.25, -0.2) is 0 Å². The molecule has 0 radical (unpaired) electrons. The van der Waals surface area contributed by atoms with Crippen molar-refractivity contribution in [1.29, 1.82) is 0 Å². The highest BCUT2D eigenvalue weighted by Gasteiger charge is 2.32. The zero-order valence-electron chi connectivity index (χ0n) is 12.2. The molecule has 0 aliphatic carbocycles. The van der Waals surface area contributed by atoms with Gasteiger partial charge in [0.25, 0.3) is 0 Å². The quantitative estimate of drug-likeness (QED) is 0.428. The van der Waals surface area contributed by atoms with Crippen LogP contribution < -0.4 is 5.73 Å². The van der Waals surface area contributed by atoms with E-state index in [0.29, 0.717) is 5.96 Å². The van der Waals surface area contributed by atoms with Gasteiger partial charge >= 0.3 is 0 Å². The maximum Gasteiger partial charge on any atom is 0.191 e. The van der Waals surface area contributed by atoms with E-state index in [9.17, 15) is 0 Å². The number of guanidine groups is 1. The number of hydrogen-bond acceptors (Lipinski definition) is 4. The molecule has 0 atom stereocenters. The highest BCUT2D eigenvalue weighted by molar-refractivity contribution is 14.0. The van der Waals surface area contributed by atoms with Crippen molar-refractivity contribution in [3.05, 3.63) is 0 Å². The summed E-state index contributed by atoms with van der Waals surface area (Å²) < 4.78 is 10.8. The number of nitrogens with two attached hydrogens (primary N) is 1. The molecule has 2 N–H and O–H groups in total. The van der Waals surface area contributed by atoms with Crippen molar-refractivity contribution in [2.45, 2.75) is 12.8 Å². The van der Waals surface area contributed by atoms with Crippen LogP contribution in [-0.2, 0) is 9.47 Å². The molecule has 2 aliphatic heterocycles. The van der Waals surface area contributed by atoms with E-state index in [-0.39, 0.29) is 29.4 Å². The van der Waals surface area contributed by atoms with E-state index in [1.54, 1.807) is 7.11 Å². The van der Waals surface area contributed by atoms with Crippen molar-refractivity contribution >= 4 is 41.7 Å². The van der Waals surface area contributed by atoms with Crippen molar-refractivity contribution in [2.24, 2.45) is 16.1 Å². The van der Waals surface area contributed by atoms with E-state index < -0.39 is 0 Å². The molecule has 0 amide bonds. The highest BCUT2D eigenvalue weighted by atomic mass is 127. The van der Waals surface area contributed by atoms with Gasteiger partial charge in [-0.15, -0.1) is 24.0 Å². The topological polar surface area (TPSA) is 60.1 Å². The van der Waals surface area contributed by atoms with Crippen LogP contribution >= 0.6 is 35.7 Å². The Morgan fingerprint density at radius 3 is 2.60 bits per heavy atom. The normalized spacial score (nSPS) is 23.2. The Balaban J connectivity index is 0.00000200. The molecule has 0 spiro atoms. The molecule has 0 saturated carbocycles. The minimum Gasteiger partial charge on any atom is -0.384 e. The Labute approximate surface area is 143 Å². The molecule has 0 aromatic rings. The van der Waals surface area contributed by atoms with E-state index >= 15 is 0 Å². The van der Waals surface area contributed by atoms with Gasteiger partial charge in [0.1, 0.15) is 0 Å². The maximum atomic E-state index is 6.12. The van der Waals surface area contributed by atoms with Crippen molar-refractivity contribution < 1.29 is 9.47 Å². The SMILES string of the molecule is COCC1(CN=C(N)N2CCSCC2)CCOCC1.I. The van der Waals surface area contributed by atoms with Crippen molar-refractivity contribution in [3.8, 4) is 0 Å². The summed E-state index contributed by atoms with van der Waals surface area (Å²) in [6.07, 6.45) is 2.01. The Morgan fingerprint density at radius 1 is 1.35 bits per heavy atom. The molecule has 2 aliphatic rings. The third kappa shape index (κ3) is 5.23. The highest BCUT2D eigenvalue weighted by Crippen LogP contribution is 2.31. The summed E-state index contributed by atoms with van der Waals surface area (Å²) in [5, 5.41) is 0. The van der Waals surface area contributed by atoms with Crippen LogP contribution in [0.3, 0.4) is 0 Å². The van der Waals surface area contributed by atoms with E-state index in [1.807, 2.05) is 11.8 Å². The molecular weight excluding hydrogens is 389 g/mol. The fraction of sp³-hybridized carbons (Fsp3) is 0.923. The molecule has 2 saturated heterocycles. The number of rotatable bonds is 4. The second-order valence-electron chi connectivity index (χ2n) is 5.32. The minimum atomic E-state index is 0. The summed E-state index contributed by atoms with van der Waals surface area (Å²) in [6, 6.07) is 0. The average molecular weight is 415 g/mol. The van der Waals surface area contributed by atoms with Gasteiger partial charge in [0.05, 0.1) is 13.2 Å². The number of methoxy groups -OCH3 is 1. The first-order valence-corrected chi connectivity index (χ1v) is 8.11. The Hall–Kier alpha value is 0.270. The standard InChI is InChI=1S/C13H25N3O2S.HI/c1-17-11-13(2-6-18-7-3-13)10-15-12(14)16-4-8-19-9-5-16;/h2-11H2,1H3,(H2,14,15);1H. The third-order valence-electron chi connectivity index (χ3n) is 3.92.